The second kappa shape index (κ2) is 8.94. The lowest BCUT2D eigenvalue weighted by molar-refractivity contribution is -0.562. The van der Waals surface area contributed by atoms with Crippen LogP contribution in [0.1, 0.15) is 0 Å². The summed E-state index contributed by atoms with van der Waals surface area (Å²) in [6, 6.07) is -7.77. The summed E-state index contributed by atoms with van der Waals surface area (Å²) < 4.78 is 232. The van der Waals surface area contributed by atoms with Crippen molar-refractivity contribution in [1.29, 1.82) is 0 Å². The summed E-state index contributed by atoms with van der Waals surface area (Å²) in [6.07, 6.45) is -51.6. The van der Waals surface area contributed by atoms with Gasteiger partial charge in [0.15, 0.2) is 0 Å². The predicted molar refractivity (Wildman–Crippen MR) is 54.7 cm³/mol. The number of hydrogen-bond acceptors (Lipinski definition) is 4. The molecule has 32 heavy (non-hydrogen) atoms. The fourth-order valence-electron chi connectivity index (χ4n) is 0.981. The van der Waals surface area contributed by atoms with E-state index in [1.807, 2.05) is 9.47 Å². The summed E-state index contributed by atoms with van der Waals surface area (Å²) in [7, 11) is 0. The van der Waals surface area contributed by atoms with Gasteiger partial charge in [-0.3, -0.25) is 0 Å². The van der Waals surface area contributed by atoms with Crippen LogP contribution in [0.15, 0.2) is 24.2 Å². The molecule has 0 atom stereocenters. The average Bonchev–Trinajstić information content (AvgIpc) is 2.51. The van der Waals surface area contributed by atoms with Crippen LogP contribution in [0.4, 0.5) is 79.0 Å². The van der Waals surface area contributed by atoms with Crippen LogP contribution < -0.4 is 0 Å². The first-order valence-corrected chi connectivity index (χ1v) is 6.28. The van der Waals surface area contributed by atoms with Gasteiger partial charge in [0, 0.05) is 0 Å². The topological polar surface area (TPSA) is 36.9 Å². The molecule has 0 aliphatic carbocycles. The van der Waals surface area contributed by atoms with E-state index in [4.69, 9.17) is 0 Å². The fourth-order valence-corrected chi connectivity index (χ4v) is 0.981. The Bertz CT molecular complexity index is 672. The lowest BCUT2D eigenvalue weighted by Crippen LogP contribution is -2.58. The monoisotopic (exact) mass is 526 g/mol. The highest BCUT2D eigenvalue weighted by Gasteiger charge is 2.76. The largest absolute Gasteiger partial charge is 0.496 e. The van der Waals surface area contributed by atoms with E-state index in [2.05, 4.69) is 0 Å². The Morgan fingerprint density at radius 3 is 0.719 bits per heavy atom. The second-order valence-corrected chi connectivity index (χ2v) is 4.58. The van der Waals surface area contributed by atoms with Gasteiger partial charge < -0.3 is 9.47 Å². The molecule has 0 saturated carbocycles. The Morgan fingerprint density at radius 1 is 0.344 bits per heavy atom. The van der Waals surface area contributed by atoms with Gasteiger partial charge in [-0.15, -0.1) is 0 Å². The average molecular weight is 526 g/mol. The molecule has 0 radical (unpaired) electrons. The Labute approximate surface area is 160 Å². The summed E-state index contributed by atoms with van der Waals surface area (Å²) in [4.78, 5) is 0. The van der Waals surface area contributed by atoms with E-state index in [9.17, 15) is 79.0 Å². The number of alkyl halides is 12. The molecular formula is C10F18O4. The summed E-state index contributed by atoms with van der Waals surface area (Å²) >= 11 is 0. The zero-order chi connectivity index (χ0) is 26.1. The number of hydrogen-bond donors (Lipinski definition) is 0. The number of halogens is 18. The van der Waals surface area contributed by atoms with Gasteiger partial charge in [-0.05, 0) is 0 Å². The van der Waals surface area contributed by atoms with E-state index in [0.29, 0.717) is 0 Å². The highest BCUT2D eigenvalue weighted by molar-refractivity contribution is 4.87. The molecule has 0 amide bonds. The standard InChI is InChI=1S/C10F18O4/c11-1(12)3(15)29-5(17,18)7(21,22)31-9(25,26)10(27,28)32-8(23,24)6(19,20)30-4(16)2(13)14. The molecule has 0 aliphatic rings. The van der Waals surface area contributed by atoms with Crippen molar-refractivity contribution in [2.75, 3.05) is 0 Å². The van der Waals surface area contributed by atoms with Crippen molar-refractivity contribution < 1.29 is 98.0 Å². The minimum absolute atomic E-state index is 1.44. The molecule has 22 heteroatoms. The van der Waals surface area contributed by atoms with Crippen LogP contribution >= 0.6 is 0 Å². The van der Waals surface area contributed by atoms with Crippen LogP contribution in [0.25, 0.3) is 0 Å². The summed E-state index contributed by atoms with van der Waals surface area (Å²) in [6.45, 7) is 0. The molecular weight excluding hydrogens is 526 g/mol. The highest BCUT2D eigenvalue weighted by Crippen LogP contribution is 2.50. The van der Waals surface area contributed by atoms with Crippen molar-refractivity contribution in [3.63, 3.8) is 0 Å². The molecule has 190 valence electrons. The quantitative estimate of drug-likeness (QED) is 0.223. The molecule has 0 fully saturated rings. The minimum atomic E-state index is -7.54. The maximum Gasteiger partial charge on any atom is 0.496 e. The predicted octanol–water partition coefficient (Wildman–Crippen LogP) is 6.68. The maximum atomic E-state index is 13.0. The first kappa shape index (κ1) is 29.7. The van der Waals surface area contributed by atoms with Crippen LogP contribution in [0.3, 0.4) is 0 Å². The molecule has 0 bridgehead atoms. The van der Waals surface area contributed by atoms with Crippen molar-refractivity contribution in [1.82, 2.24) is 0 Å². The van der Waals surface area contributed by atoms with Gasteiger partial charge in [0.1, 0.15) is 0 Å². The molecule has 4 nitrogen and oxygen atoms in total. The van der Waals surface area contributed by atoms with Gasteiger partial charge in [0.25, 0.3) is 0 Å². The Kier molecular flexibility index (Phi) is 8.31. The molecule has 0 N–H and O–H groups in total. The number of ether oxygens (including phenoxy) is 4. The van der Waals surface area contributed by atoms with Crippen molar-refractivity contribution in [3.05, 3.63) is 24.2 Å². The normalized spacial score (nSPS) is 14.2. The van der Waals surface area contributed by atoms with E-state index in [1.54, 1.807) is 0 Å². The summed E-state index contributed by atoms with van der Waals surface area (Å²) in [5.41, 5.74) is 0. The molecule has 0 unspecified atom stereocenters. The molecule has 0 aromatic rings. The second-order valence-electron chi connectivity index (χ2n) is 4.58. The first-order chi connectivity index (χ1) is 13.8. The van der Waals surface area contributed by atoms with E-state index in [0.717, 1.165) is 0 Å². The lowest BCUT2D eigenvalue weighted by atomic mass is 10.5. The van der Waals surface area contributed by atoms with E-state index in [1.165, 1.54) is 9.47 Å². The maximum absolute atomic E-state index is 13.0. The fraction of sp³-hybridized carbons (Fsp3) is 0.600. The van der Waals surface area contributed by atoms with Crippen molar-refractivity contribution in [2.45, 2.75) is 36.7 Å². The summed E-state index contributed by atoms with van der Waals surface area (Å²) in [5.74, 6) is 0. The van der Waals surface area contributed by atoms with Crippen molar-refractivity contribution in [2.24, 2.45) is 0 Å². The first-order valence-electron chi connectivity index (χ1n) is 6.28. The summed E-state index contributed by atoms with van der Waals surface area (Å²) in [5, 5.41) is 0. The Morgan fingerprint density at radius 2 is 0.531 bits per heavy atom. The number of rotatable bonds is 11. The van der Waals surface area contributed by atoms with Gasteiger partial charge in [0.05, 0.1) is 0 Å². The van der Waals surface area contributed by atoms with Gasteiger partial charge in [0.2, 0.25) is 0 Å². The molecule has 0 rings (SSSR count). The smallest absolute Gasteiger partial charge is 0.396 e. The molecule has 0 aromatic heterocycles. The SMILES string of the molecule is FC(F)=C(F)OC(F)(F)C(F)(F)OC(F)(F)C(F)(F)OC(F)(F)C(F)(F)OC(F)=C(F)F. The zero-order valence-corrected chi connectivity index (χ0v) is 13.4. The van der Waals surface area contributed by atoms with Crippen molar-refractivity contribution in [3.8, 4) is 0 Å². The highest BCUT2D eigenvalue weighted by atomic mass is 19.4. The molecule has 0 aliphatic heterocycles. The third-order valence-electron chi connectivity index (χ3n) is 2.26. The van der Waals surface area contributed by atoms with Gasteiger partial charge in [-0.1, -0.05) is 0 Å². The van der Waals surface area contributed by atoms with E-state index >= 15 is 0 Å². The molecule has 0 saturated heterocycles. The minimum Gasteiger partial charge on any atom is -0.396 e. The van der Waals surface area contributed by atoms with Crippen molar-refractivity contribution >= 4 is 0 Å². The van der Waals surface area contributed by atoms with Crippen LogP contribution in [0.2, 0.25) is 0 Å². The third kappa shape index (κ3) is 6.62. The van der Waals surface area contributed by atoms with Gasteiger partial charge in [-0.2, -0.15) is 79.0 Å². The van der Waals surface area contributed by atoms with Crippen LogP contribution in [0.5, 0.6) is 0 Å². The molecule has 0 aromatic carbocycles. The van der Waals surface area contributed by atoms with Crippen LogP contribution in [0, 0.1) is 0 Å². The van der Waals surface area contributed by atoms with Crippen LogP contribution in [-0.4, -0.2) is 36.7 Å². The lowest BCUT2D eigenvalue weighted by Gasteiger charge is -2.34. The van der Waals surface area contributed by atoms with Gasteiger partial charge >= 0.3 is 60.8 Å². The third-order valence-corrected chi connectivity index (χ3v) is 2.26. The zero-order valence-electron chi connectivity index (χ0n) is 13.4. The molecule has 0 spiro atoms. The van der Waals surface area contributed by atoms with E-state index < -0.39 is 60.8 Å². The van der Waals surface area contributed by atoms with Gasteiger partial charge in [-0.25, -0.2) is 9.47 Å². The van der Waals surface area contributed by atoms with Crippen LogP contribution in [-0.2, 0) is 18.9 Å². The van der Waals surface area contributed by atoms with E-state index in [-0.39, 0.29) is 0 Å². The molecule has 0 heterocycles. The Balaban J connectivity index is 5.86. The Hall–Kier alpha value is -2.26.